The van der Waals surface area contributed by atoms with E-state index in [-0.39, 0.29) is 53.9 Å². The van der Waals surface area contributed by atoms with Crippen molar-refractivity contribution in [3.05, 3.63) is 77.2 Å². The van der Waals surface area contributed by atoms with E-state index in [4.69, 9.17) is 42.7 Å². The molecule has 16 heteroatoms. The molecule has 3 aromatic carbocycles. The van der Waals surface area contributed by atoms with Crippen LogP contribution in [0.3, 0.4) is 0 Å². The number of carbonyl (C=O) groups is 4. The van der Waals surface area contributed by atoms with Crippen molar-refractivity contribution >= 4 is 63.8 Å². The van der Waals surface area contributed by atoms with Crippen LogP contribution in [0.5, 0.6) is 0 Å². The number of hydrogen-bond donors (Lipinski definition) is 4. The van der Waals surface area contributed by atoms with E-state index < -0.39 is 29.8 Å². The van der Waals surface area contributed by atoms with Gasteiger partial charge in [-0.1, -0.05) is 99.4 Å². The first-order valence-electron chi connectivity index (χ1n) is 21.3. The summed E-state index contributed by atoms with van der Waals surface area (Å²) in [5.41, 5.74) is 3.98. The molecule has 2 unspecified atom stereocenters. The number of hydrogen-bond acceptors (Lipinski definition) is 9. The summed E-state index contributed by atoms with van der Waals surface area (Å²) >= 11 is 13.7. The molecule has 0 spiro atoms. The zero-order valence-electron chi connectivity index (χ0n) is 36.4. The number of nitrogens with zero attached hydrogens (tertiary/aromatic N) is 4. The number of aromatic amines is 1. The number of alkyl carbamates (subject to hydrolysis) is 2. The van der Waals surface area contributed by atoms with Gasteiger partial charge in [-0.05, 0) is 91.0 Å². The Kier molecular flexibility index (Phi) is 13.4. The summed E-state index contributed by atoms with van der Waals surface area (Å²) in [5.74, 6) is 0.635. The van der Waals surface area contributed by atoms with Crippen LogP contribution in [0.25, 0.3) is 33.2 Å². The molecule has 4 heterocycles. The average Bonchev–Trinajstić information content (AvgIpc) is 4.05. The Morgan fingerprint density at radius 1 is 0.726 bits per heavy atom. The highest BCUT2D eigenvalue weighted by atomic mass is 35.5. The maximum atomic E-state index is 13.9. The van der Waals surface area contributed by atoms with E-state index in [1.807, 2.05) is 69.5 Å². The second-order valence-electron chi connectivity index (χ2n) is 17.3. The molecule has 0 aliphatic carbocycles. The summed E-state index contributed by atoms with van der Waals surface area (Å²) in [6, 6.07) is 18.1. The van der Waals surface area contributed by atoms with Crippen LogP contribution in [0.15, 0.2) is 65.7 Å². The Morgan fingerprint density at radius 3 is 1.77 bits per heavy atom. The molecule has 14 nitrogen and oxygen atoms in total. The first kappa shape index (κ1) is 44.7. The minimum Gasteiger partial charge on any atom is -0.453 e. The number of benzene rings is 3. The van der Waals surface area contributed by atoms with Crippen molar-refractivity contribution in [3.8, 4) is 22.4 Å². The lowest BCUT2D eigenvalue weighted by atomic mass is 9.97. The maximum absolute atomic E-state index is 13.9. The number of ether oxygens (including phenoxy) is 2. The molecule has 330 valence electrons. The van der Waals surface area contributed by atoms with E-state index in [0.29, 0.717) is 28.9 Å². The van der Waals surface area contributed by atoms with Crippen molar-refractivity contribution in [2.24, 2.45) is 16.8 Å². The topological polar surface area (TPSA) is 170 Å². The van der Waals surface area contributed by atoms with Crippen molar-refractivity contribution in [2.45, 2.75) is 115 Å². The predicted octanol–water partition coefficient (Wildman–Crippen LogP) is 8.35. The fourth-order valence-corrected chi connectivity index (χ4v) is 9.59. The number of aliphatic imine (C=N–C) groups is 1. The fourth-order valence-electron chi connectivity index (χ4n) is 9.03. The number of imidazole rings is 1. The molecule has 0 radical (unpaired) electrons. The molecule has 0 bridgehead atoms. The third-order valence-electron chi connectivity index (χ3n) is 12.5. The van der Waals surface area contributed by atoms with Gasteiger partial charge in [-0.2, -0.15) is 0 Å². The molecule has 8 atom stereocenters. The molecule has 0 saturated carbocycles. The van der Waals surface area contributed by atoms with Gasteiger partial charge in [0.15, 0.2) is 0 Å². The number of fused-ring (bicyclic) bond motifs is 1. The molecule has 2 saturated heterocycles. The third-order valence-corrected chi connectivity index (χ3v) is 13.1. The fraction of sp³-hybridized carbons (Fsp3) is 0.478. The first-order valence-corrected chi connectivity index (χ1v) is 22.1. The van der Waals surface area contributed by atoms with E-state index in [0.717, 1.165) is 52.3 Å². The molecule has 62 heavy (non-hydrogen) atoms. The van der Waals surface area contributed by atoms with Crippen LogP contribution in [-0.2, 0) is 19.1 Å². The highest BCUT2D eigenvalue weighted by molar-refractivity contribution is 6.32. The molecule has 2 fully saturated rings. The van der Waals surface area contributed by atoms with E-state index in [2.05, 4.69) is 63.4 Å². The Hall–Kier alpha value is -5.34. The lowest BCUT2D eigenvalue weighted by Gasteiger charge is -2.33. The van der Waals surface area contributed by atoms with Crippen LogP contribution in [0.4, 0.5) is 9.59 Å². The quantitative estimate of drug-likeness (QED) is 0.0861. The zero-order chi connectivity index (χ0) is 44.6. The van der Waals surface area contributed by atoms with Gasteiger partial charge in [0.25, 0.3) is 0 Å². The molecule has 4 aromatic rings. The predicted molar refractivity (Wildman–Crippen MR) is 241 cm³/mol. The van der Waals surface area contributed by atoms with Crippen molar-refractivity contribution in [3.63, 3.8) is 0 Å². The number of H-pyrrole nitrogens is 1. The standard InChI is InChI=1S/C46H56Cl2N8O6/c1-23(2)35(51-45(59)61-7)43(57)55-25(5)9-19-33(55)41-49-37(39(47)53-41)28-13-11-27(12-14-28)29-15-16-31-22-32(18-17-30(31)21-29)38-40(48)54-42(50-38)34-20-10-26(6)56(34)44(58)36(24(3)4)52-46(60)62-8/h11-18,21-26,33-37,39H,9-10,19-20H2,1-8H3,(H,49,53)(H,50,54)(H,51,59)(H,52,60)/t25-,26-,33-,34-,35-,36-,37?,39?/m0/s1. The van der Waals surface area contributed by atoms with Crippen LogP contribution in [0, 0.1) is 11.8 Å². The van der Waals surface area contributed by atoms with Gasteiger partial charge >= 0.3 is 12.2 Å². The highest BCUT2D eigenvalue weighted by Crippen LogP contribution is 2.40. The van der Waals surface area contributed by atoms with Crippen LogP contribution >= 0.6 is 23.2 Å². The molecule has 7 rings (SSSR count). The Bertz CT molecular complexity index is 2350. The van der Waals surface area contributed by atoms with Gasteiger partial charge in [0, 0.05) is 17.6 Å². The molecule has 3 aliphatic heterocycles. The minimum absolute atomic E-state index is 0.0344. The number of halogens is 2. The van der Waals surface area contributed by atoms with E-state index in [9.17, 15) is 19.2 Å². The number of amides is 4. The number of methoxy groups -OCH3 is 2. The molecule has 3 aliphatic rings. The zero-order valence-corrected chi connectivity index (χ0v) is 37.9. The number of likely N-dealkylation sites (tertiary alicyclic amines) is 2. The molecular weight excluding hydrogens is 831 g/mol. The van der Waals surface area contributed by atoms with E-state index >= 15 is 0 Å². The Balaban J connectivity index is 1.06. The van der Waals surface area contributed by atoms with E-state index in [1.54, 1.807) is 0 Å². The summed E-state index contributed by atoms with van der Waals surface area (Å²) in [7, 11) is 2.57. The van der Waals surface area contributed by atoms with Crippen LogP contribution in [0.1, 0.15) is 90.7 Å². The summed E-state index contributed by atoms with van der Waals surface area (Å²) in [6.07, 6.45) is 1.74. The normalized spacial score (nSPS) is 23.3. The number of alkyl halides is 1. The summed E-state index contributed by atoms with van der Waals surface area (Å²) in [6.45, 7) is 11.6. The Morgan fingerprint density at radius 2 is 1.23 bits per heavy atom. The van der Waals surface area contributed by atoms with Crippen molar-refractivity contribution in [1.82, 2.24) is 35.7 Å². The highest BCUT2D eigenvalue weighted by Gasteiger charge is 2.45. The average molecular weight is 888 g/mol. The number of aromatic nitrogens is 2. The molecule has 1 aromatic heterocycles. The van der Waals surface area contributed by atoms with Gasteiger partial charge in [-0.3, -0.25) is 14.6 Å². The monoisotopic (exact) mass is 886 g/mol. The molecule has 4 amide bonds. The van der Waals surface area contributed by atoms with Crippen molar-refractivity contribution in [1.29, 1.82) is 0 Å². The first-order chi connectivity index (χ1) is 29.6. The second kappa shape index (κ2) is 18.6. The summed E-state index contributed by atoms with van der Waals surface area (Å²) in [5, 5.41) is 11.2. The van der Waals surface area contributed by atoms with Gasteiger partial charge in [0.05, 0.1) is 26.3 Å². The van der Waals surface area contributed by atoms with Crippen molar-refractivity contribution < 1.29 is 28.7 Å². The SMILES string of the molecule is COC(=O)N[C@H](C(=O)N1[C@@H](C)CC[C@H]1C1=NC(c2ccc(-c3ccc4cc(-c5nc([C@@H]6CC[C@H](C)N6C(=O)[C@@H](NC(=O)OC)C(C)C)[nH]c5Cl)ccc4c3)cc2)C(Cl)N1)C(C)C. The summed E-state index contributed by atoms with van der Waals surface area (Å²) in [4.78, 5) is 68.8. The summed E-state index contributed by atoms with van der Waals surface area (Å²) < 4.78 is 9.59. The van der Waals surface area contributed by atoms with Gasteiger partial charge in [-0.15, -0.1) is 0 Å². The third kappa shape index (κ3) is 8.94. The van der Waals surface area contributed by atoms with Gasteiger partial charge in [0.1, 0.15) is 46.1 Å². The van der Waals surface area contributed by atoms with E-state index in [1.165, 1.54) is 14.2 Å². The number of rotatable bonds is 11. The molecular formula is C46H56Cl2N8O6. The molecule has 4 N–H and O–H groups in total. The van der Waals surface area contributed by atoms with Crippen molar-refractivity contribution in [2.75, 3.05) is 14.2 Å². The number of nitrogens with one attached hydrogen (secondary N) is 4. The number of amidine groups is 1. The lowest BCUT2D eigenvalue weighted by molar-refractivity contribution is -0.137. The van der Waals surface area contributed by atoms with Crippen LogP contribution < -0.4 is 16.0 Å². The lowest BCUT2D eigenvalue weighted by Crippen LogP contribution is -2.56. The van der Waals surface area contributed by atoms with Gasteiger partial charge in [-0.25, -0.2) is 14.6 Å². The minimum atomic E-state index is -0.746. The maximum Gasteiger partial charge on any atom is 0.407 e. The smallest absolute Gasteiger partial charge is 0.407 e. The number of carbonyl (C=O) groups excluding carboxylic acids is 4. The second-order valence-corrected chi connectivity index (χ2v) is 18.1. The van der Waals surface area contributed by atoms with Crippen LogP contribution in [0.2, 0.25) is 5.15 Å². The van der Waals surface area contributed by atoms with Gasteiger partial charge < -0.3 is 40.2 Å². The van der Waals surface area contributed by atoms with Crippen LogP contribution in [-0.4, -0.2) is 99.5 Å². The largest absolute Gasteiger partial charge is 0.453 e. The van der Waals surface area contributed by atoms with Gasteiger partial charge in [0.2, 0.25) is 11.8 Å². The Labute approximate surface area is 372 Å².